The van der Waals surface area contributed by atoms with Gasteiger partial charge in [-0.25, -0.2) is 5.43 Å². The summed E-state index contributed by atoms with van der Waals surface area (Å²) in [5.74, 6) is 1.08. The molecule has 2 aromatic rings. The molecule has 0 heterocycles. The number of para-hydroxylation sites is 1. The number of phenols is 1. The molecular formula is C20H24N2O4. The molecule has 0 atom stereocenters. The van der Waals surface area contributed by atoms with E-state index in [-0.39, 0.29) is 18.3 Å². The van der Waals surface area contributed by atoms with E-state index in [0.29, 0.717) is 29.6 Å². The molecular weight excluding hydrogens is 332 g/mol. The van der Waals surface area contributed by atoms with Gasteiger partial charge in [0.25, 0.3) is 5.91 Å². The van der Waals surface area contributed by atoms with E-state index in [2.05, 4.69) is 24.4 Å². The topological polar surface area (TPSA) is 80.2 Å². The predicted octanol–water partition coefficient (Wildman–Crippen LogP) is 3.44. The number of hydrogen-bond donors (Lipinski definition) is 2. The Labute approximate surface area is 153 Å². The van der Waals surface area contributed by atoms with Gasteiger partial charge >= 0.3 is 0 Å². The SMILES string of the molecule is CCOc1cc(/C=N/NC(=O)COc2ccccc2C(C)C)ccc1O. The number of benzene rings is 2. The maximum absolute atomic E-state index is 11.9. The second-order valence-electron chi connectivity index (χ2n) is 5.93. The van der Waals surface area contributed by atoms with Crippen molar-refractivity contribution in [1.29, 1.82) is 0 Å². The van der Waals surface area contributed by atoms with Crippen LogP contribution in [0.25, 0.3) is 0 Å². The first-order valence-electron chi connectivity index (χ1n) is 8.50. The summed E-state index contributed by atoms with van der Waals surface area (Å²) in [6, 6.07) is 12.5. The molecule has 6 nitrogen and oxygen atoms in total. The number of aromatic hydroxyl groups is 1. The van der Waals surface area contributed by atoms with Crippen LogP contribution in [0.15, 0.2) is 47.6 Å². The molecule has 0 fully saturated rings. The van der Waals surface area contributed by atoms with Crippen LogP contribution in [0, 0.1) is 0 Å². The summed E-state index contributed by atoms with van der Waals surface area (Å²) in [6.07, 6.45) is 1.47. The summed E-state index contributed by atoms with van der Waals surface area (Å²) < 4.78 is 10.9. The van der Waals surface area contributed by atoms with Gasteiger partial charge in [0.2, 0.25) is 0 Å². The number of nitrogens with zero attached hydrogens (tertiary/aromatic N) is 1. The molecule has 26 heavy (non-hydrogen) atoms. The van der Waals surface area contributed by atoms with Crippen molar-refractivity contribution >= 4 is 12.1 Å². The van der Waals surface area contributed by atoms with Crippen LogP contribution >= 0.6 is 0 Å². The molecule has 0 aromatic heterocycles. The van der Waals surface area contributed by atoms with Gasteiger partial charge in [-0.05, 0) is 48.2 Å². The van der Waals surface area contributed by atoms with Crippen LogP contribution in [0.4, 0.5) is 0 Å². The molecule has 0 aliphatic rings. The Bertz CT molecular complexity index is 772. The molecule has 0 unspecified atom stereocenters. The third-order valence-electron chi connectivity index (χ3n) is 3.59. The van der Waals surface area contributed by atoms with E-state index < -0.39 is 0 Å². The smallest absolute Gasteiger partial charge is 0.277 e. The number of carbonyl (C=O) groups is 1. The van der Waals surface area contributed by atoms with E-state index in [9.17, 15) is 9.90 Å². The lowest BCUT2D eigenvalue weighted by Crippen LogP contribution is -2.24. The molecule has 0 bridgehead atoms. The molecule has 2 aromatic carbocycles. The Morgan fingerprint density at radius 2 is 1.96 bits per heavy atom. The quantitative estimate of drug-likeness (QED) is 0.561. The fraction of sp³-hybridized carbons (Fsp3) is 0.300. The predicted molar refractivity (Wildman–Crippen MR) is 101 cm³/mol. The molecule has 2 rings (SSSR count). The van der Waals surface area contributed by atoms with Crippen molar-refractivity contribution in [3.63, 3.8) is 0 Å². The maximum Gasteiger partial charge on any atom is 0.277 e. The van der Waals surface area contributed by atoms with Crippen molar-refractivity contribution in [3.8, 4) is 17.2 Å². The summed E-state index contributed by atoms with van der Waals surface area (Å²) in [7, 11) is 0. The fourth-order valence-corrected chi connectivity index (χ4v) is 2.33. The van der Waals surface area contributed by atoms with Crippen molar-refractivity contribution < 1.29 is 19.4 Å². The highest BCUT2D eigenvalue weighted by Gasteiger charge is 2.08. The van der Waals surface area contributed by atoms with E-state index >= 15 is 0 Å². The first-order valence-corrected chi connectivity index (χ1v) is 8.50. The fourth-order valence-electron chi connectivity index (χ4n) is 2.33. The number of nitrogens with one attached hydrogen (secondary N) is 1. The molecule has 0 saturated heterocycles. The first-order chi connectivity index (χ1) is 12.5. The lowest BCUT2D eigenvalue weighted by atomic mass is 10.0. The zero-order valence-electron chi connectivity index (χ0n) is 15.2. The standard InChI is InChI=1S/C20H24N2O4/c1-4-25-19-11-15(9-10-17(19)23)12-21-22-20(24)13-26-18-8-6-5-7-16(18)14(2)3/h5-12,14,23H,4,13H2,1-3H3,(H,22,24)/b21-12+. The third-order valence-corrected chi connectivity index (χ3v) is 3.59. The van der Waals surface area contributed by atoms with Crippen LogP contribution in [0.3, 0.4) is 0 Å². The molecule has 0 saturated carbocycles. The van der Waals surface area contributed by atoms with Gasteiger partial charge < -0.3 is 14.6 Å². The molecule has 0 aliphatic heterocycles. The molecule has 0 radical (unpaired) electrons. The summed E-state index contributed by atoms with van der Waals surface area (Å²) in [4.78, 5) is 11.9. The molecule has 2 N–H and O–H groups in total. The second kappa shape index (κ2) is 9.46. The second-order valence-corrected chi connectivity index (χ2v) is 5.93. The van der Waals surface area contributed by atoms with E-state index in [1.807, 2.05) is 31.2 Å². The zero-order chi connectivity index (χ0) is 18.9. The van der Waals surface area contributed by atoms with Gasteiger partial charge in [-0.1, -0.05) is 32.0 Å². The summed E-state index contributed by atoms with van der Waals surface area (Å²) in [6.45, 7) is 6.29. The van der Waals surface area contributed by atoms with Crippen molar-refractivity contribution in [2.45, 2.75) is 26.7 Å². The van der Waals surface area contributed by atoms with Crippen LogP contribution in [-0.2, 0) is 4.79 Å². The minimum absolute atomic E-state index is 0.0604. The van der Waals surface area contributed by atoms with E-state index in [1.54, 1.807) is 12.1 Å². The lowest BCUT2D eigenvalue weighted by molar-refractivity contribution is -0.123. The Morgan fingerprint density at radius 3 is 2.69 bits per heavy atom. The van der Waals surface area contributed by atoms with Crippen LogP contribution in [-0.4, -0.2) is 30.4 Å². The number of amides is 1. The lowest BCUT2D eigenvalue weighted by Gasteiger charge is -2.13. The number of ether oxygens (including phenoxy) is 2. The van der Waals surface area contributed by atoms with Gasteiger partial charge in [-0.2, -0.15) is 5.10 Å². The minimum atomic E-state index is -0.358. The van der Waals surface area contributed by atoms with Crippen LogP contribution in [0.2, 0.25) is 0 Å². The highest BCUT2D eigenvalue weighted by Crippen LogP contribution is 2.26. The summed E-state index contributed by atoms with van der Waals surface area (Å²) >= 11 is 0. The van der Waals surface area contributed by atoms with Gasteiger partial charge in [0.1, 0.15) is 5.75 Å². The van der Waals surface area contributed by atoms with Crippen molar-refractivity contribution in [2.75, 3.05) is 13.2 Å². The molecule has 0 spiro atoms. The van der Waals surface area contributed by atoms with Gasteiger partial charge in [0, 0.05) is 0 Å². The third kappa shape index (κ3) is 5.51. The van der Waals surface area contributed by atoms with E-state index in [1.165, 1.54) is 12.3 Å². The summed E-state index contributed by atoms with van der Waals surface area (Å²) in [5, 5.41) is 13.6. The van der Waals surface area contributed by atoms with Gasteiger partial charge in [0.05, 0.1) is 12.8 Å². The molecule has 138 valence electrons. The molecule has 1 amide bonds. The largest absolute Gasteiger partial charge is 0.504 e. The minimum Gasteiger partial charge on any atom is -0.504 e. The van der Waals surface area contributed by atoms with Crippen molar-refractivity contribution in [2.24, 2.45) is 5.10 Å². The Kier molecular flexibility index (Phi) is 7.02. The zero-order valence-corrected chi connectivity index (χ0v) is 15.2. The van der Waals surface area contributed by atoms with E-state index in [0.717, 1.165) is 5.56 Å². The number of hydrogen-bond acceptors (Lipinski definition) is 5. The first kappa shape index (κ1) is 19.3. The normalized spacial score (nSPS) is 10.9. The maximum atomic E-state index is 11.9. The molecule has 0 aliphatic carbocycles. The van der Waals surface area contributed by atoms with Crippen molar-refractivity contribution in [3.05, 3.63) is 53.6 Å². The Balaban J connectivity index is 1.89. The monoisotopic (exact) mass is 356 g/mol. The highest BCUT2D eigenvalue weighted by molar-refractivity contribution is 5.83. The number of carbonyl (C=O) groups excluding carboxylic acids is 1. The average Bonchev–Trinajstić information content (AvgIpc) is 2.63. The Hall–Kier alpha value is -3.02. The summed E-state index contributed by atoms with van der Waals surface area (Å²) in [5.41, 5.74) is 4.16. The van der Waals surface area contributed by atoms with Gasteiger partial charge in [0.15, 0.2) is 18.1 Å². The van der Waals surface area contributed by atoms with E-state index in [4.69, 9.17) is 9.47 Å². The average molecular weight is 356 g/mol. The number of rotatable bonds is 8. The number of hydrazone groups is 1. The van der Waals surface area contributed by atoms with Crippen LogP contribution < -0.4 is 14.9 Å². The molecule has 6 heteroatoms. The van der Waals surface area contributed by atoms with Crippen LogP contribution in [0.1, 0.15) is 37.8 Å². The van der Waals surface area contributed by atoms with Gasteiger partial charge in [-0.15, -0.1) is 0 Å². The highest BCUT2D eigenvalue weighted by atomic mass is 16.5. The van der Waals surface area contributed by atoms with Crippen LogP contribution in [0.5, 0.6) is 17.2 Å². The Morgan fingerprint density at radius 1 is 1.19 bits per heavy atom. The number of phenolic OH excluding ortho intramolecular Hbond substituents is 1. The van der Waals surface area contributed by atoms with Gasteiger partial charge in [-0.3, -0.25) is 4.79 Å². The van der Waals surface area contributed by atoms with Crippen molar-refractivity contribution in [1.82, 2.24) is 5.43 Å².